The van der Waals surface area contributed by atoms with Crippen LogP contribution in [-0.2, 0) is 21.3 Å². The van der Waals surface area contributed by atoms with Crippen molar-refractivity contribution in [1.29, 1.82) is 0 Å². The highest BCUT2D eigenvalue weighted by molar-refractivity contribution is 7.89. The third-order valence-corrected chi connectivity index (χ3v) is 5.15. The molecular weight excluding hydrogens is 300 g/mol. The minimum atomic E-state index is -3.53. The fourth-order valence-electron chi connectivity index (χ4n) is 2.15. The molecule has 1 aromatic rings. The quantitative estimate of drug-likeness (QED) is 0.862. The number of sulfonamides is 1. The average molecular weight is 319 g/mol. The molecule has 3 N–H and O–H groups in total. The first-order chi connectivity index (χ1) is 9.53. The molecule has 1 aliphatic heterocycles. The summed E-state index contributed by atoms with van der Waals surface area (Å²) in [7, 11) is -3.53. The molecule has 0 spiro atoms. The van der Waals surface area contributed by atoms with Crippen LogP contribution >= 0.6 is 11.6 Å². The van der Waals surface area contributed by atoms with E-state index in [2.05, 4.69) is 4.72 Å². The van der Waals surface area contributed by atoms with Crippen molar-refractivity contribution in [2.75, 3.05) is 19.8 Å². The van der Waals surface area contributed by atoms with Crippen molar-refractivity contribution in [2.24, 2.45) is 11.7 Å². The highest BCUT2D eigenvalue weighted by Gasteiger charge is 2.19. The molecule has 0 saturated carbocycles. The molecule has 1 unspecified atom stereocenters. The molecule has 1 heterocycles. The molecule has 1 saturated heterocycles. The van der Waals surface area contributed by atoms with Gasteiger partial charge in [-0.25, -0.2) is 13.1 Å². The first kappa shape index (κ1) is 15.7. The maximum absolute atomic E-state index is 12.2. The largest absolute Gasteiger partial charge is 0.381 e. The lowest BCUT2D eigenvalue weighted by molar-refractivity contribution is 0.0568. The highest BCUT2D eigenvalue weighted by atomic mass is 35.5. The molecule has 1 aromatic carbocycles. The molecule has 112 valence electrons. The number of hydrogen-bond acceptors (Lipinski definition) is 4. The molecule has 0 amide bonds. The maximum atomic E-state index is 12.2. The average Bonchev–Trinajstić information content (AvgIpc) is 2.46. The number of hydrogen-bond donors (Lipinski definition) is 2. The Bertz CT molecular complexity index is 557. The lowest BCUT2D eigenvalue weighted by Gasteiger charge is -2.22. The topological polar surface area (TPSA) is 81.4 Å². The Labute approximate surface area is 124 Å². The predicted molar refractivity (Wildman–Crippen MR) is 78.1 cm³/mol. The van der Waals surface area contributed by atoms with E-state index in [9.17, 15) is 8.42 Å². The fourth-order valence-corrected chi connectivity index (χ4v) is 3.52. The summed E-state index contributed by atoms with van der Waals surface area (Å²) in [6.07, 6.45) is 1.96. The van der Waals surface area contributed by atoms with Gasteiger partial charge < -0.3 is 10.5 Å². The summed E-state index contributed by atoms with van der Waals surface area (Å²) < 4.78 is 32.4. The van der Waals surface area contributed by atoms with E-state index >= 15 is 0 Å². The molecule has 5 nitrogen and oxygen atoms in total. The number of rotatable bonds is 5. The minimum absolute atomic E-state index is 0.194. The van der Waals surface area contributed by atoms with Crippen LogP contribution in [0.15, 0.2) is 23.1 Å². The molecule has 1 atom stereocenters. The van der Waals surface area contributed by atoms with Gasteiger partial charge in [0.25, 0.3) is 0 Å². The van der Waals surface area contributed by atoms with Gasteiger partial charge in [0.1, 0.15) is 0 Å². The van der Waals surface area contributed by atoms with Gasteiger partial charge in [0.2, 0.25) is 10.0 Å². The molecule has 0 bridgehead atoms. The third kappa shape index (κ3) is 3.93. The summed E-state index contributed by atoms with van der Waals surface area (Å²) >= 11 is 5.93. The van der Waals surface area contributed by atoms with Crippen molar-refractivity contribution >= 4 is 21.6 Å². The number of nitrogens with one attached hydrogen (secondary N) is 1. The zero-order chi connectivity index (χ0) is 14.6. The van der Waals surface area contributed by atoms with Crippen molar-refractivity contribution in [3.05, 3.63) is 28.8 Å². The van der Waals surface area contributed by atoms with Crippen molar-refractivity contribution in [3.63, 3.8) is 0 Å². The van der Waals surface area contributed by atoms with E-state index in [0.717, 1.165) is 19.4 Å². The van der Waals surface area contributed by atoms with Gasteiger partial charge in [0.15, 0.2) is 0 Å². The Morgan fingerprint density at radius 3 is 2.90 bits per heavy atom. The van der Waals surface area contributed by atoms with Crippen molar-refractivity contribution in [2.45, 2.75) is 24.3 Å². The standard InChI is InChI=1S/C13H19ClN2O3S/c14-13-4-3-12(6-11(13)7-15)20(17,18)16-8-10-2-1-5-19-9-10/h3-4,6,10,16H,1-2,5,7-9,15H2. The fraction of sp³-hybridized carbons (Fsp3) is 0.538. The molecule has 0 radical (unpaired) electrons. The van der Waals surface area contributed by atoms with E-state index in [4.69, 9.17) is 22.1 Å². The van der Waals surface area contributed by atoms with E-state index in [1.165, 1.54) is 12.1 Å². The molecule has 7 heteroatoms. The summed E-state index contributed by atoms with van der Waals surface area (Å²) in [5.74, 6) is 0.236. The second-order valence-corrected chi connectivity index (χ2v) is 7.07. The van der Waals surface area contributed by atoms with Gasteiger partial charge in [-0.3, -0.25) is 0 Å². The summed E-state index contributed by atoms with van der Waals surface area (Å²) in [6, 6.07) is 4.56. The van der Waals surface area contributed by atoms with E-state index in [-0.39, 0.29) is 17.4 Å². The third-order valence-electron chi connectivity index (χ3n) is 3.36. The number of ether oxygens (including phenoxy) is 1. The SMILES string of the molecule is NCc1cc(S(=O)(=O)NCC2CCCOC2)ccc1Cl. The summed E-state index contributed by atoms with van der Waals surface area (Å²) in [5.41, 5.74) is 6.16. The van der Waals surface area contributed by atoms with Crippen LogP contribution in [0, 0.1) is 5.92 Å². The van der Waals surface area contributed by atoms with Gasteiger partial charge in [-0.2, -0.15) is 0 Å². The number of halogens is 1. The molecular formula is C13H19ClN2O3S. The molecule has 1 aliphatic rings. The van der Waals surface area contributed by atoms with Crippen LogP contribution in [0.3, 0.4) is 0 Å². The number of benzene rings is 1. The first-order valence-corrected chi connectivity index (χ1v) is 8.45. The summed E-state index contributed by atoms with van der Waals surface area (Å²) in [6.45, 7) is 1.97. The first-order valence-electron chi connectivity index (χ1n) is 6.59. The van der Waals surface area contributed by atoms with Crippen molar-refractivity contribution in [3.8, 4) is 0 Å². The molecule has 20 heavy (non-hydrogen) atoms. The molecule has 1 fully saturated rings. The molecule has 0 aliphatic carbocycles. The minimum Gasteiger partial charge on any atom is -0.381 e. The second-order valence-electron chi connectivity index (χ2n) is 4.89. The lowest BCUT2D eigenvalue weighted by Crippen LogP contribution is -2.33. The highest BCUT2D eigenvalue weighted by Crippen LogP contribution is 2.20. The Balaban J connectivity index is 2.05. The van der Waals surface area contributed by atoms with Crippen LogP contribution in [0.25, 0.3) is 0 Å². The van der Waals surface area contributed by atoms with Gasteiger partial charge in [-0.1, -0.05) is 11.6 Å². The maximum Gasteiger partial charge on any atom is 0.240 e. The van der Waals surface area contributed by atoms with Gasteiger partial charge >= 0.3 is 0 Å². The van der Waals surface area contributed by atoms with Crippen LogP contribution in [0.2, 0.25) is 5.02 Å². The summed E-state index contributed by atoms with van der Waals surface area (Å²) in [5, 5.41) is 0.479. The van der Waals surface area contributed by atoms with E-state index < -0.39 is 10.0 Å². The van der Waals surface area contributed by atoms with Crippen LogP contribution in [-0.4, -0.2) is 28.2 Å². The van der Waals surface area contributed by atoms with Gasteiger partial charge in [-0.15, -0.1) is 0 Å². The van der Waals surface area contributed by atoms with Crippen LogP contribution < -0.4 is 10.5 Å². The Morgan fingerprint density at radius 1 is 1.45 bits per heavy atom. The lowest BCUT2D eigenvalue weighted by atomic mass is 10.0. The monoisotopic (exact) mass is 318 g/mol. The smallest absolute Gasteiger partial charge is 0.240 e. The molecule has 0 aromatic heterocycles. The van der Waals surface area contributed by atoms with Gasteiger partial charge in [-0.05, 0) is 42.5 Å². The van der Waals surface area contributed by atoms with E-state index in [1.807, 2.05) is 0 Å². The van der Waals surface area contributed by atoms with Gasteiger partial charge in [0, 0.05) is 24.7 Å². The Morgan fingerprint density at radius 2 is 2.25 bits per heavy atom. The number of nitrogens with two attached hydrogens (primary N) is 1. The van der Waals surface area contributed by atoms with Crippen molar-refractivity contribution < 1.29 is 13.2 Å². The zero-order valence-corrected chi connectivity index (χ0v) is 12.7. The zero-order valence-electron chi connectivity index (χ0n) is 11.1. The summed E-state index contributed by atoms with van der Waals surface area (Å²) in [4.78, 5) is 0.194. The van der Waals surface area contributed by atoms with E-state index in [0.29, 0.717) is 23.7 Å². The Kier molecular flexibility index (Phi) is 5.40. The van der Waals surface area contributed by atoms with Gasteiger partial charge in [0.05, 0.1) is 11.5 Å². The Hall–Kier alpha value is -0.660. The van der Waals surface area contributed by atoms with Crippen molar-refractivity contribution in [1.82, 2.24) is 4.72 Å². The van der Waals surface area contributed by atoms with Crippen LogP contribution in [0.1, 0.15) is 18.4 Å². The molecule has 2 rings (SSSR count). The van der Waals surface area contributed by atoms with Crippen LogP contribution in [0.5, 0.6) is 0 Å². The van der Waals surface area contributed by atoms with Crippen LogP contribution in [0.4, 0.5) is 0 Å². The predicted octanol–water partition coefficient (Wildman–Crippen LogP) is 1.50. The second kappa shape index (κ2) is 6.87. The normalized spacial score (nSPS) is 20.0. The van der Waals surface area contributed by atoms with E-state index in [1.54, 1.807) is 6.07 Å².